The van der Waals surface area contributed by atoms with Gasteiger partial charge in [-0.3, -0.25) is 5.84 Å². The van der Waals surface area contributed by atoms with Crippen LogP contribution in [0.2, 0.25) is 0 Å². The quantitative estimate of drug-likeness (QED) is 0.408. The highest BCUT2D eigenvalue weighted by Crippen LogP contribution is 2.24. The van der Waals surface area contributed by atoms with E-state index in [1.807, 2.05) is 36.5 Å². The van der Waals surface area contributed by atoms with Gasteiger partial charge in [-0.25, -0.2) is 5.43 Å². The van der Waals surface area contributed by atoms with Crippen LogP contribution in [-0.4, -0.2) is 16.6 Å². The minimum atomic E-state index is 0.562. The predicted molar refractivity (Wildman–Crippen MR) is 99.4 cm³/mol. The normalized spacial score (nSPS) is 10.5. The molecule has 5 nitrogen and oxygen atoms in total. The van der Waals surface area contributed by atoms with E-state index < -0.39 is 0 Å². The number of ether oxygens (including phenoxy) is 1. The Kier molecular flexibility index (Phi) is 5.30. The van der Waals surface area contributed by atoms with E-state index in [2.05, 4.69) is 39.8 Å². The third-order valence-electron chi connectivity index (χ3n) is 3.83. The average molecular weight is 341 g/mol. The molecule has 0 amide bonds. The van der Waals surface area contributed by atoms with E-state index in [0.29, 0.717) is 11.7 Å². The van der Waals surface area contributed by atoms with Crippen LogP contribution in [0.4, 0.5) is 0 Å². The van der Waals surface area contributed by atoms with E-state index >= 15 is 0 Å². The van der Waals surface area contributed by atoms with Crippen molar-refractivity contribution < 1.29 is 10.6 Å². The maximum atomic E-state index is 5.87. The smallest absolute Gasteiger partial charge is 0.213 e. The summed E-state index contributed by atoms with van der Waals surface area (Å²) in [6, 6.07) is 16.3. The summed E-state index contributed by atoms with van der Waals surface area (Å²) < 4.78 is 5.87. The van der Waals surface area contributed by atoms with Gasteiger partial charge in [-0.15, -0.1) is 0 Å². The number of benzene rings is 2. The largest absolute Gasteiger partial charge is 0.489 e. The molecular weight excluding hydrogens is 320 g/mol. The summed E-state index contributed by atoms with van der Waals surface area (Å²) >= 11 is 5.02. The lowest BCUT2D eigenvalue weighted by Crippen LogP contribution is -2.69. The van der Waals surface area contributed by atoms with Gasteiger partial charge < -0.3 is 15.0 Å². The van der Waals surface area contributed by atoms with Gasteiger partial charge >= 0.3 is 0 Å². The minimum Gasteiger partial charge on any atom is -0.489 e. The Bertz CT molecular complexity index is 816. The second kappa shape index (κ2) is 7.81. The second-order valence-electron chi connectivity index (χ2n) is 5.48. The number of thiocarbonyl (C=S) groups is 1. The first-order chi connectivity index (χ1) is 11.8. The molecule has 1 aromatic heterocycles. The van der Waals surface area contributed by atoms with Crippen molar-refractivity contribution >= 4 is 28.2 Å². The molecule has 6 N–H and O–H groups in total. The van der Waals surface area contributed by atoms with Crippen LogP contribution in [0.25, 0.3) is 10.9 Å². The average Bonchev–Trinajstić information content (AvgIpc) is 3.03. The number of hydrogen-bond donors (Lipinski definition) is 4. The Morgan fingerprint density at radius 3 is 2.79 bits per heavy atom. The van der Waals surface area contributed by atoms with Gasteiger partial charge in [0.15, 0.2) is 0 Å². The Labute approximate surface area is 146 Å². The number of H-pyrrole nitrogens is 1. The summed E-state index contributed by atoms with van der Waals surface area (Å²) in [6.07, 6.45) is 2.92. The van der Waals surface area contributed by atoms with Crippen LogP contribution in [0.5, 0.6) is 5.75 Å². The van der Waals surface area contributed by atoms with E-state index in [1.54, 1.807) is 0 Å². The van der Waals surface area contributed by atoms with E-state index in [1.165, 1.54) is 10.9 Å². The van der Waals surface area contributed by atoms with Gasteiger partial charge in [-0.1, -0.05) is 30.3 Å². The molecule has 0 saturated heterocycles. The minimum absolute atomic E-state index is 0.562. The van der Waals surface area contributed by atoms with Crippen molar-refractivity contribution in [3.8, 4) is 5.75 Å². The predicted octanol–water partition coefficient (Wildman–Crippen LogP) is 1.91. The van der Waals surface area contributed by atoms with Crippen molar-refractivity contribution in [1.82, 2.24) is 15.7 Å². The van der Waals surface area contributed by atoms with Gasteiger partial charge in [0.2, 0.25) is 5.11 Å². The van der Waals surface area contributed by atoms with Gasteiger partial charge in [0.05, 0.1) is 0 Å². The third-order valence-corrected chi connectivity index (χ3v) is 4.12. The van der Waals surface area contributed by atoms with Crippen molar-refractivity contribution in [1.29, 1.82) is 0 Å². The van der Waals surface area contributed by atoms with Gasteiger partial charge in [-0.2, -0.15) is 0 Å². The van der Waals surface area contributed by atoms with Crippen molar-refractivity contribution in [2.75, 3.05) is 6.54 Å². The Morgan fingerprint density at radius 2 is 2.00 bits per heavy atom. The number of fused-ring (bicyclic) bond motifs is 1. The highest BCUT2D eigenvalue weighted by atomic mass is 32.1. The fourth-order valence-corrected chi connectivity index (χ4v) is 2.68. The lowest BCUT2D eigenvalue weighted by atomic mass is 10.1. The maximum absolute atomic E-state index is 5.87. The summed E-state index contributed by atoms with van der Waals surface area (Å²) in [7, 11) is 0. The van der Waals surface area contributed by atoms with Crippen LogP contribution in [-0.2, 0) is 13.0 Å². The highest BCUT2D eigenvalue weighted by molar-refractivity contribution is 7.80. The summed E-state index contributed by atoms with van der Waals surface area (Å²) in [5, 5.41) is 4.87. The molecule has 3 aromatic rings. The van der Waals surface area contributed by atoms with Crippen molar-refractivity contribution in [2.45, 2.75) is 13.0 Å². The zero-order chi connectivity index (χ0) is 16.8. The fourth-order valence-electron chi connectivity index (χ4n) is 2.58. The molecule has 0 saturated carbocycles. The molecule has 1 heterocycles. The molecule has 0 aliphatic carbocycles. The summed E-state index contributed by atoms with van der Waals surface area (Å²) in [5.74, 6) is 4.39. The van der Waals surface area contributed by atoms with Gasteiger partial charge in [0.1, 0.15) is 12.4 Å². The standard InChI is InChI=1S/C18H20N4OS/c19-22-18(24)20-9-8-14-11-21-17-10-15(6-7-16(14)17)23-12-13-4-2-1-3-5-13/h1-7,10-11,21H,8-9,12,19H2,(H2,20,22,24)/p+1. The summed E-state index contributed by atoms with van der Waals surface area (Å²) in [6.45, 7) is 1.33. The van der Waals surface area contributed by atoms with Gasteiger partial charge in [0, 0.05) is 29.7 Å². The van der Waals surface area contributed by atoms with E-state index in [0.717, 1.165) is 29.8 Å². The van der Waals surface area contributed by atoms with Crippen molar-refractivity contribution in [2.24, 2.45) is 0 Å². The molecule has 124 valence electrons. The van der Waals surface area contributed by atoms with E-state index in [4.69, 9.17) is 17.0 Å². The molecule has 2 aromatic carbocycles. The molecule has 0 fully saturated rings. The lowest BCUT2D eigenvalue weighted by molar-refractivity contribution is -0.419. The molecule has 3 rings (SSSR count). The SMILES string of the molecule is [NH3+]NC(=S)NCCc1c[nH]c2cc(OCc3ccccc3)ccc12. The summed E-state index contributed by atoms with van der Waals surface area (Å²) in [5.41, 5.74) is 6.15. The molecule has 0 bridgehead atoms. The number of quaternary nitrogens is 1. The van der Waals surface area contributed by atoms with Crippen LogP contribution >= 0.6 is 12.2 Å². The lowest BCUT2D eigenvalue weighted by Gasteiger charge is -2.07. The first-order valence-corrected chi connectivity index (χ1v) is 8.25. The molecule has 0 unspecified atom stereocenters. The van der Waals surface area contributed by atoms with Gasteiger partial charge in [-0.05, 0) is 41.9 Å². The first-order valence-electron chi connectivity index (χ1n) is 7.84. The zero-order valence-electron chi connectivity index (χ0n) is 13.3. The van der Waals surface area contributed by atoms with Crippen LogP contribution in [0.3, 0.4) is 0 Å². The third kappa shape index (κ3) is 4.04. The number of nitrogens with one attached hydrogen (secondary N) is 3. The van der Waals surface area contributed by atoms with Crippen LogP contribution in [0.15, 0.2) is 54.7 Å². The van der Waals surface area contributed by atoms with E-state index in [9.17, 15) is 0 Å². The Hall–Kier alpha value is -2.57. The molecular formula is C18H21N4OS+. The molecule has 0 aliphatic rings. The number of hydrogen-bond acceptors (Lipinski definition) is 2. The second-order valence-corrected chi connectivity index (χ2v) is 5.89. The zero-order valence-corrected chi connectivity index (χ0v) is 14.2. The van der Waals surface area contributed by atoms with Crippen LogP contribution in [0.1, 0.15) is 11.1 Å². The van der Waals surface area contributed by atoms with Crippen molar-refractivity contribution in [3.05, 3.63) is 65.9 Å². The molecule has 24 heavy (non-hydrogen) atoms. The van der Waals surface area contributed by atoms with Crippen molar-refractivity contribution in [3.63, 3.8) is 0 Å². The maximum Gasteiger partial charge on any atom is 0.213 e. The first kappa shape index (κ1) is 16.3. The highest BCUT2D eigenvalue weighted by Gasteiger charge is 2.06. The Morgan fingerprint density at radius 1 is 1.17 bits per heavy atom. The van der Waals surface area contributed by atoms with Crippen LogP contribution < -0.4 is 21.3 Å². The topological polar surface area (TPSA) is 76.7 Å². The number of rotatable bonds is 6. The molecule has 6 heteroatoms. The van der Waals surface area contributed by atoms with E-state index in [-0.39, 0.29) is 0 Å². The molecule has 0 spiro atoms. The number of aromatic amines is 1. The molecule has 0 radical (unpaired) electrons. The van der Waals surface area contributed by atoms with Crippen LogP contribution in [0, 0.1) is 0 Å². The summed E-state index contributed by atoms with van der Waals surface area (Å²) in [4.78, 5) is 3.31. The Balaban J connectivity index is 1.63. The number of aromatic nitrogens is 1. The molecule has 0 atom stereocenters. The molecule has 0 aliphatic heterocycles. The monoisotopic (exact) mass is 341 g/mol. The fraction of sp³-hybridized carbons (Fsp3) is 0.167. The van der Waals surface area contributed by atoms with Gasteiger partial charge in [0.25, 0.3) is 0 Å².